The Hall–Kier alpha value is -0.830. The van der Waals surface area contributed by atoms with Gasteiger partial charge in [0.1, 0.15) is 0 Å². The number of nitrogens with zero attached hydrogens (tertiary/aromatic N) is 2. The Labute approximate surface area is 85.8 Å². The second-order valence-corrected chi connectivity index (χ2v) is 4.21. The van der Waals surface area contributed by atoms with Crippen LogP contribution in [0.1, 0.15) is 30.8 Å². The zero-order valence-electron chi connectivity index (χ0n) is 9.54. The van der Waals surface area contributed by atoms with Crippen molar-refractivity contribution < 1.29 is 5.11 Å². The van der Waals surface area contributed by atoms with Gasteiger partial charge in [0.2, 0.25) is 0 Å². The van der Waals surface area contributed by atoms with Crippen molar-refractivity contribution in [3.63, 3.8) is 0 Å². The normalized spacial score (nSPS) is 11.3. The van der Waals surface area contributed by atoms with Crippen molar-refractivity contribution in [3.05, 3.63) is 17.0 Å². The largest absolute Gasteiger partial charge is 0.396 e. The van der Waals surface area contributed by atoms with Gasteiger partial charge < -0.3 is 5.11 Å². The average Bonchev–Trinajstić information content (AvgIpc) is 2.32. The molecule has 3 nitrogen and oxygen atoms in total. The van der Waals surface area contributed by atoms with Gasteiger partial charge in [0, 0.05) is 19.3 Å². The molecule has 0 aliphatic rings. The maximum absolute atomic E-state index is 8.97. The maximum Gasteiger partial charge on any atom is 0.0662 e. The molecule has 1 heterocycles. The highest BCUT2D eigenvalue weighted by atomic mass is 16.2. The van der Waals surface area contributed by atoms with E-state index in [0.717, 1.165) is 18.5 Å². The summed E-state index contributed by atoms with van der Waals surface area (Å²) in [5.41, 5.74) is 3.55. The number of rotatable bonds is 4. The topological polar surface area (TPSA) is 38.1 Å². The van der Waals surface area contributed by atoms with Gasteiger partial charge in [-0.1, -0.05) is 13.8 Å². The first-order valence-electron chi connectivity index (χ1n) is 5.18. The van der Waals surface area contributed by atoms with Crippen molar-refractivity contribution in [2.75, 3.05) is 6.61 Å². The standard InChI is InChI=1S/C11H20N2O/c1-8(2)7-11-10(5-6-14)9(3)13(4)12-11/h8,14H,5-7H2,1-4H3. The molecule has 3 heteroatoms. The Balaban J connectivity index is 2.96. The highest BCUT2D eigenvalue weighted by Crippen LogP contribution is 2.16. The van der Waals surface area contributed by atoms with Gasteiger partial charge in [-0.25, -0.2) is 0 Å². The molecule has 1 N–H and O–H groups in total. The molecular weight excluding hydrogens is 176 g/mol. The van der Waals surface area contributed by atoms with E-state index in [1.807, 2.05) is 11.7 Å². The summed E-state index contributed by atoms with van der Waals surface area (Å²) in [6.07, 6.45) is 1.72. The zero-order chi connectivity index (χ0) is 10.7. The number of aliphatic hydroxyl groups excluding tert-OH is 1. The molecule has 14 heavy (non-hydrogen) atoms. The SMILES string of the molecule is Cc1c(CCO)c(CC(C)C)nn1C. The summed E-state index contributed by atoms with van der Waals surface area (Å²) < 4.78 is 1.91. The first-order chi connectivity index (χ1) is 6.56. The van der Waals surface area contributed by atoms with Crippen molar-refractivity contribution in [2.24, 2.45) is 13.0 Å². The van der Waals surface area contributed by atoms with Crippen LogP contribution in [0.25, 0.3) is 0 Å². The van der Waals surface area contributed by atoms with Gasteiger partial charge >= 0.3 is 0 Å². The van der Waals surface area contributed by atoms with Crippen LogP contribution in [-0.4, -0.2) is 21.5 Å². The monoisotopic (exact) mass is 196 g/mol. The predicted molar refractivity (Wildman–Crippen MR) is 57.3 cm³/mol. The van der Waals surface area contributed by atoms with Crippen LogP contribution < -0.4 is 0 Å². The fraction of sp³-hybridized carbons (Fsp3) is 0.727. The number of aromatic nitrogens is 2. The molecule has 0 spiro atoms. The molecule has 0 saturated carbocycles. The van der Waals surface area contributed by atoms with E-state index in [-0.39, 0.29) is 6.61 Å². The summed E-state index contributed by atoms with van der Waals surface area (Å²) in [4.78, 5) is 0. The summed E-state index contributed by atoms with van der Waals surface area (Å²) in [6, 6.07) is 0. The molecule has 80 valence electrons. The van der Waals surface area contributed by atoms with Crippen LogP contribution in [0.4, 0.5) is 0 Å². The lowest BCUT2D eigenvalue weighted by molar-refractivity contribution is 0.299. The lowest BCUT2D eigenvalue weighted by Crippen LogP contribution is -2.01. The van der Waals surface area contributed by atoms with E-state index in [4.69, 9.17) is 5.11 Å². The molecule has 0 radical (unpaired) electrons. The van der Waals surface area contributed by atoms with Crippen LogP contribution in [0.3, 0.4) is 0 Å². The molecule has 1 aromatic heterocycles. The summed E-state index contributed by atoms with van der Waals surface area (Å²) in [7, 11) is 1.96. The Bertz CT molecular complexity index is 302. The van der Waals surface area contributed by atoms with E-state index in [1.54, 1.807) is 0 Å². The molecule has 0 aliphatic carbocycles. The number of aliphatic hydroxyl groups is 1. The third-order valence-corrected chi connectivity index (χ3v) is 2.50. The van der Waals surface area contributed by atoms with Crippen molar-refractivity contribution in [1.82, 2.24) is 9.78 Å². The van der Waals surface area contributed by atoms with E-state index in [2.05, 4.69) is 25.9 Å². The Morgan fingerprint density at radius 3 is 2.57 bits per heavy atom. The summed E-state index contributed by atoms with van der Waals surface area (Å²) in [6.45, 7) is 6.64. The maximum atomic E-state index is 8.97. The quantitative estimate of drug-likeness (QED) is 0.791. The van der Waals surface area contributed by atoms with Gasteiger partial charge in [-0.2, -0.15) is 5.10 Å². The zero-order valence-corrected chi connectivity index (χ0v) is 9.54. The predicted octanol–water partition coefficient (Wildman–Crippen LogP) is 1.46. The molecule has 0 aromatic carbocycles. The van der Waals surface area contributed by atoms with Gasteiger partial charge in [0.15, 0.2) is 0 Å². The highest BCUT2D eigenvalue weighted by Gasteiger charge is 2.12. The van der Waals surface area contributed by atoms with Crippen LogP contribution >= 0.6 is 0 Å². The molecule has 0 unspecified atom stereocenters. The van der Waals surface area contributed by atoms with E-state index in [9.17, 15) is 0 Å². The van der Waals surface area contributed by atoms with Crippen LogP contribution in [0.15, 0.2) is 0 Å². The first-order valence-corrected chi connectivity index (χ1v) is 5.18. The third-order valence-electron chi connectivity index (χ3n) is 2.50. The second kappa shape index (κ2) is 4.60. The van der Waals surface area contributed by atoms with Crippen LogP contribution in [0.5, 0.6) is 0 Å². The summed E-state index contributed by atoms with van der Waals surface area (Å²) >= 11 is 0. The summed E-state index contributed by atoms with van der Waals surface area (Å²) in [5.74, 6) is 0.613. The third kappa shape index (κ3) is 2.35. The Kier molecular flexibility index (Phi) is 3.69. The number of aryl methyl sites for hydroxylation is 1. The van der Waals surface area contributed by atoms with E-state index in [0.29, 0.717) is 5.92 Å². The van der Waals surface area contributed by atoms with Gasteiger partial charge in [0.25, 0.3) is 0 Å². The lowest BCUT2D eigenvalue weighted by atomic mass is 10.0. The van der Waals surface area contributed by atoms with Gasteiger partial charge in [-0.15, -0.1) is 0 Å². The van der Waals surface area contributed by atoms with Crippen molar-refractivity contribution >= 4 is 0 Å². The van der Waals surface area contributed by atoms with Crippen molar-refractivity contribution in [2.45, 2.75) is 33.6 Å². The number of hydrogen-bond donors (Lipinski definition) is 1. The minimum atomic E-state index is 0.206. The van der Waals surface area contributed by atoms with Crippen molar-refractivity contribution in [3.8, 4) is 0 Å². The molecule has 0 aliphatic heterocycles. The number of hydrogen-bond acceptors (Lipinski definition) is 2. The lowest BCUT2D eigenvalue weighted by Gasteiger charge is -2.04. The van der Waals surface area contributed by atoms with Gasteiger partial charge in [0.05, 0.1) is 5.69 Å². The van der Waals surface area contributed by atoms with E-state index >= 15 is 0 Å². The molecule has 0 bridgehead atoms. The molecular formula is C11H20N2O. The van der Waals surface area contributed by atoms with Crippen LogP contribution in [-0.2, 0) is 19.9 Å². The second-order valence-electron chi connectivity index (χ2n) is 4.21. The fourth-order valence-corrected chi connectivity index (χ4v) is 1.71. The minimum absolute atomic E-state index is 0.206. The van der Waals surface area contributed by atoms with Gasteiger partial charge in [-0.3, -0.25) is 4.68 Å². The Morgan fingerprint density at radius 2 is 2.07 bits per heavy atom. The first kappa shape index (κ1) is 11.2. The van der Waals surface area contributed by atoms with E-state index < -0.39 is 0 Å². The average molecular weight is 196 g/mol. The van der Waals surface area contributed by atoms with Gasteiger partial charge in [-0.05, 0) is 31.2 Å². The molecule has 0 atom stereocenters. The molecule has 0 saturated heterocycles. The smallest absolute Gasteiger partial charge is 0.0662 e. The van der Waals surface area contributed by atoms with Crippen LogP contribution in [0.2, 0.25) is 0 Å². The highest BCUT2D eigenvalue weighted by molar-refractivity contribution is 5.26. The van der Waals surface area contributed by atoms with Crippen LogP contribution in [0, 0.1) is 12.8 Å². The summed E-state index contributed by atoms with van der Waals surface area (Å²) in [5, 5.41) is 13.4. The molecule has 0 fully saturated rings. The van der Waals surface area contributed by atoms with Crippen molar-refractivity contribution in [1.29, 1.82) is 0 Å². The molecule has 1 aromatic rings. The molecule has 1 rings (SSSR count). The fourth-order valence-electron chi connectivity index (χ4n) is 1.71. The minimum Gasteiger partial charge on any atom is -0.396 e. The molecule has 0 amide bonds. The van der Waals surface area contributed by atoms with E-state index in [1.165, 1.54) is 11.3 Å². The Morgan fingerprint density at radius 1 is 1.43 bits per heavy atom.